The van der Waals surface area contributed by atoms with E-state index in [1.165, 1.54) is 23.0 Å². The molecule has 1 fully saturated rings. The Labute approximate surface area is 180 Å². The van der Waals surface area contributed by atoms with Crippen LogP contribution in [0, 0.1) is 5.41 Å². The summed E-state index contributed by atoms with van der Waals surface area (Å²) in [4.78, 5) is 37.6. The summed E-state index contributed by atoms with van der Waals surface area (Å²) in [5.41, 5.74) is 5.70. The van der Waals surface area contributed by atoms with E-state index in [9.17, 15) is 19.5 Å². The van der Waals surface area contributed by atoms with Crippen LogP contribution < -0.4 is 11.1 Å². The minimum absolute atomic E-state index is 0.0520. The maximum Gasteiger partial charge on any atom is 0.410 e. The number of hydrogen-bond donors (Lipinski definition) is 3. The Morgan fingerprint density at radius 2 is 2.00 bits per heavy atom. The summed E-state index contributed by atoms with van der Waals surface area (Å²) in [5, 5.41) is 16.8. The van der Waals surface area contributed by atoms with Crippen LogP contribution >= 0.6 is 0 Å². The summed E-state index contributed by atoms with van der Waals surface area (Å²) in [6.45, 7) is 10.4. The number of primary amides is 1. The number of anilines is 1. The normalized spacial score (nSPS) is 18.6. The number of hydrogen-bond acceptors (Lipinski definition) is 6. The third-order valence-electron chi connectivity index (χ3n) is 5.35. The van der Waals surface area contributed by atoms with E-state index < -0.39 is 17.5 Å². The molecule has 0 spiro atoms. The first-order valence-electron chi connectivity index (χ1n) is 10.1. The van der Waals surface area contributed by atoms with E-state index in [0.29, 0.717) is 30.7 Å². The number of aromatic carboxylic acids is 1. The number of aromatic nitrogens is 2. The molecule has 31 heavy (non-hydrogen) atoms. The lowest BCUT2D eigenvalue weighted by Crippen LogP contribution is -2.54. The number of carboxylic acid groups (broad SMARTS) is 1. The molecule has 1 aliphatic heterocycles. The van der Waals surface area contributed by atoms with E-state index in [4.69, 9.17) is 10.5 Å². The Balaban J connectivity index is 1.90. The van der Waals surface area contributed by atoms with Gasteiger partial charge in [0.25, 0.3) is 5.91 Å². The minimum atomic E-state index is -1.09. The second-order valence-corrected chi connectivity index (χ2v) is 9.54. The van der Waals surface area contributed by atoms with Gasteiger partial charge < -0.3 is 25.8 Å². The Morgan fingerprint density at radius 1 is 1.32 bits per heavy atom. The van der Waals surface area contributed by atoms with Crippen molar-refractivity contribution in [1.29, 1.82) is 0 Å². The number of nitrogens with one attached hydrogen (secondary N) is 1. The van der Waals surface area contributed by atoms with E-state index in [2.05, 4.69) is 10.4 Å². The Kier molecular flexibility index (Phi) is 5.60. The molecule has 0 aromatic carbocycles. The van der Waals surface area contributed by atoms with Crippen LogP contribution in [0.1, 0.15) is 61.8 Å². The molecule has 1 atom stereocenters. The predicted molar refractivity (Wildman–Crippen MR) is 114 cm³/mol. The molecule has 0 bridgehead atoms. The number of carboxylic acids is 1. The zero-order valence-electron chi connectivity index (χ0n) is 18.4. The van der Waals surface area contributed by atoms with Crippen LogP contribution in [-0.4, -0.2) is 62.3 Å². The number of carbonyl (C=O) groups excluding carboxylic acids is 2. The Bertz CT molecular complexity index is 1040. The van der Waals surface area contributed by atoms with E-state index >= 15 is 0 Å². The largest absolute Gasteiger partial charge is 0.478 e. The monoisotopic (exact) mass is 431 g/mol. The molecule has 1 saturated heterocycles. The third kappa shape index (κ3) is 4.73. The molecule has 4 N–H and O–H groups in total. The van der Waals surface area contributed by atoms with Crippen molar-refractivity contribution in [1.82, 2.24) is 14.5 Å². The molecule has 10 nitrogen and oxygen atoms in total. The SMILES string of the molecule is CC(C)(C)OC(=O)N1CC[C@@H](Nc2c(C(N)=O)cnn3cc(C(=O)O)cc23)C(C)(C)C1. The van der Waals surface area contributed by atoms with Crippen LogP contribution in [0.5, 0.6) is 0 Å². The van der Waals surface area contributed by atoms with Crippen LogP contribution in [0.3, 0.4) is 0 Å². The molecular formula is C21H29N5O5. The molecule has 3 heterocycles. The fourth-order valence-corrected chi connectivity index (χ4v) is 3.79. The van der Waals surface area contributed by atoms with Crippen LogP contribution in [0.15, 0.2) is 18.5 Å². The molecule has 1 aliphatic rings. The van der Waals surface area contributed by atoms with Gasteiger partial charge in [0.15, 0.2) is 0 Å². The smallest absolute Gasteiger partial charge is 0.410 e. The lowest BCUT2D eigenvalue weighted by atomic mass is 9.79. The first-order chi connectivity index (χ1) is 14.3. The van der Waals surface area contributed by atoms with Crippen LogP contribution in [-0.2, 0) is 4.74 Å². The molecule has 2 aromatic rings. The summed E-state index contributed by atoms with van der Waals surface area (Å²) >= 11 is 0. The van der Waals surface area contributed by atoms with Crippen LogP contribution in [0.2, 0.25) is 0 Å². The molecular weight excluding hydrogens is 402 g/mol. The van der Waals surface area contributed by atoms with Crippen molar-refractivity contribution in [3.8, 4) is 0 Å². The van der Waals surface area contributed by atoms with Gasteiger partial charge in [-0.1, -0.05) is 13.8 Å². The molecule has 0 unspecified atom stereocenters. The molecule has 10 heteroatoms. The summed E-state index contributed by atoms with van der Waals surface area (Å²) < 4.78 is 6.90. The van der Waals surface area contributed by atoms with Gasteiger partial charge in [-0.2, -0.15) is 5.10 Å². The quantitative estimate of drug-likeness (QED) is 0.676. The lowest BCUT2D eigenvalue weighted by molar-refractivity contribution is 0.00690. The van der Waals surface area contributed by atoms with E-state index in [1.54, 1.807) is 4.90 Å². The van der Waals surface area contributed by atoms with Crippen LogP contribution in [0.4, 0.5) is 10.5 Å². The van der Waals surface area contributed by atoms with Gasteiger partial charge in [-0.3, -0.25) is 4.79 Å². The first kappa shape index (κ1) is 22.4. The van der Waals surface area contributed by atoms with E-state index in [1.807, 2.05) is 34.6 Å². The number of rotatable bonds is 4. The van der Waals surface area contributed by atoms with E-state index in [0.717, 1.165) is 0 Å². The van der Waals surface area contributed by atoms with Crippen molar-refractivity contribution in [3.05, 3.63) is 29.6 Å². The van der Waals surface area contributed by atoms with Gasteiger partial charge in [-0.05, 0) is 33.3 Å². The molecule has 0 radical (unpaired) electrons. The van der Waals surface area contributed by atoms with E-state index in [-0.39, 0.29) is 28.7 Å². The zero-order valence-corrected chi connectivity index (χ0v) is 18.4. The van der Waals surface area contributed by atoms with Gasteiger partial charge in [-0.15, -0.1) is 0 Å². The molecule has 2 amide bonds. The molecule has 3 rings (SSSR count). The van der Waals surface area contributed by atoms with Gasteiger partial charge >= 0.3 is 12.1 Å². The highest BCUT2D eigenvalue weighted by atomic mass is 16.6. The minimum Gasteiger partial charge on any atom is -0.478 e. The first-order valence-corrected chi connectivity index (χ1v) is 10.1. The molecule has 2 aromatic heterocycles. The van der Waals surface area contributed by atoms with Crippen molar-refractivity contribution in [2.45, 2.75) is 52.7 Å². The average molecular weight is 431 g/mol. The second-order valence-electron chi connectivity index (χ2n) is 9.54. The van der Waals surface area contributed by atoms with Gasteiger partial charge in [0.05, 0.1) is 28.5 Å². The maximum atomic E-state index is 12.5. The Hall–Kier alpha value is -3.30. The highest BCUT2D eigenvalue weighted by molar-refractivity contribution is 6.03. The topological polar surface area (TPSA) is 139 Å². The van der Waals surface area contributed by atoms with Crippen molar-refractivity contribution in [2.75, 3.05) is 18.4 Å². The molecule has 0 saturated carbocycles. The summed E-state index contributed by atoms with van der Waals surface area (Å²) in [6.07, 6.45) is 2.95. The van der Waals surface area contributed by atoms with Gasteiger partial charge in [-0.25, -0.2) is 14.1 Å². The van der Waals surface area contributed by atoms with Crippen LogP contribution in [0.25, 0.3) is 5.52 Å². The third-order valence-corrected chi connectivity index (χ3v) is 5.35. The number of fused-ring (bicyclic) bond motifs is 1. The number of nitrogens with two attached hydrogens (primary N) is 1. The highest BCUT2D eigenvalue weighted by Crippen LogP contribution is 2.34. The summed E-state index contributed by atoms with van der Waals surface area (Å²) in [6, 6.07) is 1.34. The number of likely N-dealkylation sites (tertiary alicyclic amines) is 1. The van der Waals surface area contributed by atoms with Gasteiger partial charge in [0.1, 0.15) is 5.60 Å². The second kappa shape index (κ2) is 7.75. The van der Waals surface area contributed by atoms with Crippen molar-refractivity contribution in [3.63, 3.8) is 0 Å². The van der Waals surface area contributed by atoms with Gasteiger partial charge in [0, 0.05) is 30.7 Å². The zero-order chi connectivity index (χ0) is 23.1. The summed E-state index contributed by atoms with van der Waals surface area (Å²) in [5.74, 6) is -1.76. The average Bonchev–Trinajstić information content (AvgIpc) is 3.06. The highest BCUT2D eigenvalue weighted by Gasteiger charge is 2.39. The lowest BCUT2D eigenvalue weighted by Gasteiger charge is -2.45. The van der Waals surface area contributed by atoms with Gasteiger partial charge in [0.2, 0.25) is 0 Å². The summed E-state index contributed by atoms with van der Waals surface area (Å²) in [7, 11) is 0. The fourth-order valence-electron chi connectivity index (χ4n) is 3.79. The number of piperidine rings is 1. The number of amides is 2. The number of nitrogens with zero attached hydrogens (tertiary/aromatic N) is 3. The molecule has 0 aliphatic carbocycles. The van der Waals surface area contributed by atoms with Crippen molar-refractivity contribution >= 4 is 29.2 Å². The van der Waals surface area contributed by atoms with Crippen molar-refractivity contribution in [2.24, 2.45) is 11.1 Å². The molecule has 168 valence electrons. The van der Waals surface area contributed by atoms with Crippen molar-refractivity contribution < 1.29 is 24.2 Å². The standard InChI is InChI=1S/C21H29N5O5/c1-20(2,3)31-19(30)25-7-6-15(21(4,5)11-25)24-16-13(17(22)27)9-23-26-10-12(18(28)29)8-14(16)26/h8-10,15,24H,6-7,11H2,1-5H3,(H2,22,27)(H,28,29)/t15-/m1/s1. The Morgan fingerprint density at radius 3 is 2.55 bits per heavy atom. The number of carbonyl (C=O) groups is 3. The number of ether oxygens (including phenoxy) is 1. The predicted octanol–water partition coefficient (Wildman–Crippen LogP) is 2.58. The fraction of sp³-hybridized carbons (Fsp3) is 0.524. The maximum absolute atomic E-state index is 12.5.